The summed E-state index contributed by atoms with van der Waals surface area (Å²) in [5.41, 5.74) is 0. The topological polar surface area (TPSA) is 40.5 Å². The van der Waals surface area contributed by atoms with Gasteiger partial charge in [0.2, 0.25) is 0 Å². The molecule has 17 heavy (non-hydrogen) atoms. The molecule has 0 aromatic carbocycles. The average molecular weight is 240 g/mol. The van der Waals surface area contributed by atoms with Crippen molar-refractivity contribution in [2.75, 3.05) is 0 Å². The van der Waals surface area contributed by atoms with Gasteiger partial charge in [-0.05, 0) is 55.8 Å². The fourth-order valence-corrected chi connectivity index (χ4v) is 2.81. The van der Waals surface area contributed by atoms with E-state index in [0.29, 0.717) is 17.8 Å². The van der Waals surface area contributed by atoms with E-state index in [1.807, 2.05) is 0 Å². The standard InChI is InChI=1S/C8H16O.C7H12O/c1-6-4-3-5-8(9)7(6)2;8-7(5-1-2-5)6-3-4-6/h6-9H,3-5H2,1-2H3;5-8H,1-4H2. The second-order valence-corrected chi connectivity index (χ2v) is 6.50. The molecule has 0 spiro atoms. The molecule has 3 aliphatic carbocycles. The molecule has 0 radical (unpaired) electrons. The lowest BCUT2D eigenvalue weighted by Gasteiger charge is -2.30. The Hall–Kier alpha value is -0.0800. The zero-order chi connectivity index (χ0) is 12.4. The fraction of sp³-hybridized carbons (Fsp3) is 1.00. The van der Waals surface area contributed by atoms with Crippen LogP contribution in [0, 0.1) is 23.7 Å². The van der Waals surface area contributed by atoms with Gasteiger partial charge >= 0.3 is 0 Å². The minimum Gasteiger partial charge on any atom is -0.393 e. The second-order valence-electron chi connectivity index (χ2n) is 6.50. The summed E-state index contributed by atoms with van der Waals surface area (Å²) in [4.78, 5) is 0. The Morgan fingerprint density at radius 1 is 0.882 bits per heavy atom. The van der Waals surface area contributed by atoms with Crippen LogP contribution >= 0.6 is 0 Å². The van der Waals surface area contributed by atoms with Gasteiger partial charge in [0, 0.05) is 0 Å². The molecule has 100 valence electrons. The van der Waals surface area contributed by atoms with Crippen LogP contribution in [0.3, 0.4) is 0 Å². The van der Waals surface area contributed by atoms with Crippen LogP contribution in [-0.4, -0.2) is 22.4 Å². The van der Waals surface area contributed by atoms with Gasteiger partial charge in [0.1, 0.15) is 0 Å². The molecule has 3 aliphatic rings. The molecular weight excluding hydrogens is 212 g/mol. The van der Waals surface area contributed by atoms with Crippen LogP contribution in [0.5, 0.6) is 0 Å². The van der Waals surface area contributed by atoms with Crippen molar-refractivity contribution >= 4 is 0 Å². The van der Waals surface area contributed by atoms with Crippen molar-refractivity contribution in [1.82, 2.24) is 0 Å². The summed E-state index contributed by atoms with van der Waals surface area (Å²) in [5.74, 6) is 2.68. The molecule has 0 saturated heterocycles. The van der Waals surface area contributed by atoms with E-state index in [1.165, 1.54) is 38.5 Å². The number of aliphatic hydroxyl groups excluding tert-OH is 2. The number of hydrogen-bond acceptors (Lipinski definition) is 2. The highest BCUT2D eigenvalue weighted by Gasteiger charge is 2.39. The average Bonchev–Trinajstić information content (AvgIpc) is 3.19. The zero-order valence-corrected chi connectivity index (χ0v) is 11.3. The van der Waals surface area contributed by atoms with Crippen molar-refractivity contribution in [1.29, 1.82) is 0 Å². The third-order valence-corrected chi connectivity index (χ3v) is 4.87. The summed E-state index contributed by atoms with van der Waals surface area (Å²) >= 11 is 0. The second kappa shape index (κ2) is 5.71. The van der Waals surface area contributed by atoms with Gasteiger partial charge in [0.15, 0.2) is 0 Å². The van der Waals surface area contributed by atoms with Crippen LogP contribution in [-0.2, 0) is 0 Å². The molecule has 0 amide bonds. The molecule has 2 heteroatoms. The van der Waals surface area contributed by atoms with Crippen molar-refractivity contribution in [2.24, 2.45) is 23.7 Å². The highest BCUT2D eigenvalue weighted by Crippen LogP contribution is 2.44. The van der Waals surface area contributed by atoms with Crippen LogP contribution in [0.2, 0.25) is 0 Å². The lowest BCUT2D eigenvalue weighted by Crippen LogP contribution is -2.28. The highest BCUT2D eigenvalue weighted by atomic mass is 16.3. The molecule has 3 atom stereocenters. The van der Waals surface area contributed by atoms with Gasteiger partial charge in [0.05, 0.1) is 12.2 Å². The molecular formula is C15H28O2. The van der Waals surface area contributed by atoms with Crippen LogP contribution in [0.4, 0.5) is 0 Å². The summed E-state index contributed by atoms with van der Waals surface area (Å²) in [6.07, 6.45) is 8.77. The Kier molecular flexibility index (Phi) is 4.48. The van der Waals surface area contributed by atoms with Crippen LogP contribution in [0.1, 0.15) is 58.8 Å². The monoisotopic (exact) mass is 240 g/mol. The smallest absolute Gasteiger partial charge is 0.0596 e. The summed E-state index contributed by atoms with van der Waals surface area (Å²) in [5, 5.41) is 18.7. The Morgan fingerprint density at radius 3 is 1.76 bits per heavy atom. The maximum Gasteiger partial charge on any atom is 0.0596 e. The van der Waals surface area contributed by atoms with Crippen molar-refractivity contribution < 1.29 is 10.2 Å². The first kappa shape index (κ1) is 13.4. The van der Waals surface area contributed by atoms with E-state index in [2.05, 4.69) is 13.8 Å². The van der Waals surface area contributed by atoms with Crippen LogP contribution < -0.4 is 0 Å². The summed E-state index contributed by atoms with van der Waals surface area (Å²) in [6, 6.07) is 0. The van der Waals surface area contributed by atoms with E-state index in [4.69, 9.17) is 0 Å². The van der Waals surface area contributed by atoms with Gasteiger partial charge in [-0.25, -0.2) is 0 Å². The van der Waals surface area contributed by atoms with E-state index in [9.17, 15) is 10.2 Å². The number of aliphatic hydroxyl groups is 2. The Labute approximate surface area is 105 Å². The maximum atomic E-state index is 9.35. The molecule has 2 N–H and O–H groups in total. The first-order valence-electron chi connectivity index (χ1n) is 7.45. The predicted molar refractivity (Wildman–Crippen MR) is 69.6 cm³/mol. The summed E-state index contributed by atoms with van der Waals surface area (Å²) < 4.78 is 0. The van der Waals surface area contributed by atoms with Crippen LogP contribution in [0.15, 0.2) is 0 Å². The van der Waals surface area contributed by atoms with Gasteiger partial charge in [-0.1, -0.05) is 26.7 Å². The molecule has 3 saturated carbocycles. The predicted octanol–water partition coefficient (Wildman–Crippen LogP) is 2.97. The largest absolute Gasteiger partial charge is 0.393 e. The van der Waals surface area contributed by atoms with Gasteiger partial charge < -0.3 is 10.2 Å². The quantitative estimate of drug-likeness (QED) is 0.779. The third-order valence-electron chi connectivity index (χ3n) is 4.87. The zero-order valence-electron chi connectivity index (χ0n) is 11.3. The molecule has 0 bridgehead atoms. The summed E-state index contributed by atoms with van der Waals surface area (Å²) in [6.45, 7) is 4.38. The number of rotatable bonds is 2. The summed E-state index contributed by atoms with van der Waals surface area (Å²) in [7, 11) is 0. The lowest BCUT2D eigenvalue weighted by atomic mass is 9.80. The molecule has 0 aliphatic heterocycles. The normalized spacial score (nSPS) is 37.6. The third kappa shape index (κ3) is 3.96. The lowest BCUT2D eigenvalue weighted by molar-refractivity contribution is 0.0486. The molecule has 3 unspecified atom stereocenters. The van der Waals surface area contributed by atoms with E-state index >= 15 is 0 Å². The van der Waals surface area contributed by atoms with Gasteiger partial charge in [0.25, 0.3) is 0 Å². The van der Waals surface area contributed by atoms with Gasteiger partial charge in [-0.3, -0.25) is 0 Å². The van der Waals surface area contributed by atoms with Gasteiger partial charge in [-0.15, -0.1) is 0 Å². The van der Waals surface area contributed by atoms with Gasteiger partial charge in [-0.2, -0.15) is 0 Å². The Balaban J connectivity index is 0.000000127. The first-order chi connectivity index (χ1) is 8.09. The van der Waals surface area contributed by atoms with E-state index in [0.717, 1.165) is 12.3 Å². The molecule has 3 fully saturated rings. The minimum atomic E-state index is -0.0197. The first-order valence-corrected chi connectivity index (χ1v) is 7.45. The van der Waals surface area contributed by atoms with Crippen molar-refractivity contribution in [3.63, 3.8) is 0 Å². The van der Waals surface area contributed by atoms with Crippen molar-refractivity contribution in [3.8, 4) is 0 Å². The molecule has 0 aromatic heterocycles. The highest BCUT2D eigenvalue weighted by molar-refractivity contribution is 4.91. The number of hydrogen-bond donors (Lipinski definition) is 2. The van der Waals surface area contributed by atoms with Crippen LogP contribution in [0.25, 0.3) is 0 Å². The molecule has 3 rings (SSSR count). The van der Waals surface area contributed by atoms with E-state index < -0.39 is 0 Å². The molecule has 0 heterocycles. The fourth-order valence-electron chi connectivity index (χ4n) is 2.81. The molecule has 2 nitrogen and oxygen atoms in total. The van der Waals surface area contributed by atoms with Crippen molar-refractivity contribution in [2.45, 2.75) is 71.0 Å². The molecule has 0 aromatic rings. The van der Waals surface area contributed by atoms with Crippen molar-refractivity contribution in [3.05, 3.63) is 0 Å². The minimum absolute atomic E-state index is 0.0197. The maximum absolute atomic E-state index is 9.35. The van der Waals surface area contributed by atoms with E-state index in [1.54, 1.807) is 0 Å². The Morgan fingerprint density at radius 2 is 1.41 bits per heavy atom. The Bertz CT molecular complexity index is 211. The van der Waals surface area contributed by atoms with E-state index in [-0.39, 0.29) is 12.2 Å². The SMILES string of the molecule is CC1CCCC(O)C1C.OC(C1CC1)C1CC1.